The van der Waals surface area contributed by atoms with E-state index in [-0.39, 0.29) is 5.82 Å². The number of rotatable bonds is 3. The first-order chi connectivity index (χ1) is 11.3. The summed E-state index contributed by atoms with van der Waals surface area (Å²) in [6, 6.07) is 17.1. The summed E-state index contributed by atoms with van der Waals surface area (Å²) in [5.74, 6) is -0.238. The van der Waals surface area contributed by atoms with Crippen LogP contribution in [0.3, 0.4) is 0 Å². The van der Waals surface area contributed by atoms with Gasteiger partial charge in [-0.1, -0.05) is 18.2 Å². The second-order valence-corrected chi connectivity index (χ2v) is 5.31. The summed E-state index contributed by atoms with van der Waals surface area (Å²) in [5.41, 5.74) is 4.45. The van der Waals surface area contributed by atoms with Gasteiger partial charge in [0.2, 0.25) is 0 Å². The van der Waals surface area contributed by atoms with E-state index in [1.165, 1.54) is 6.07 Å². The van der Waals surface area contributed by atoms with Crippen molar-refractivity contribution in [2.75, 3.05) is 5.32 Å². The zero-order valence-electron chi connectivity index (χ0n) is 12.3. The van der Waals surface area contributed by atoms with E-state index in [1.54, 1.807) is 18.6 Å². The first-order valence-electron chi connectivity index (χ1n) is 7.34. The van der Waals surface area contributed by atoms with Crippen molar-refractivity contribution in [2.24, 2.45) is 0 Å². The minimum atomic E-state index is -0.238. The second kappa shape index (κ2) is 5.57. The monoisotopic (exact) mass is 303 g/mol. The van der Waals surface area contributed by atoms with Gasteiger partial charge in [0.05, 0.1) is 17.4 Å². The summed E-state index contributed by atoms with van der Waals surface area (Å²) in [6.45, 7) is 0. The Bertz CT molecular complexity index is 961. The van der Waals surface area contributed by atoms with Crippen LogP contribution in [0.15, 0.2) is 73.2 Å². The van der Waals surface area contributed by atoms with Gasteiger partial charge in [-0.25, -0.2) is 4.39 Å². The van der Waals surface area contributed by atoms with Crippen molar-refractivity contribution >= 4 is 22.3 Å². The van der Waals surface area contributed by atoms with Crippen molar-refractivity contribution in [1.29, 1.82) is 0 Å². The van der Waals surface area contributed by atoms with Gasteiger partial charge >= 0.3 is 0 Å². The molecule has 0 radical (unpaired) electrons. The average Bonchev–Trinajstić information content (AvgIpc) is 3.07. The molecule has 4 heteroatoms. The fourth-order valence-electron chi connectivity index (χ4n) is 2.74. The Hall–Kier alpha value is -3.14. The minimum absolute atomic E-state index is 0.238. The fraction of sp³-hybridized carbons (Fsp3) is 0. The van der Waals surface area contributed by atoms with Crippen LogP contribution in [0.5, 0.6) is 0 Å². The highest BCUT2D eigenvalue weighted by atomic mass is 19.1. The molecular formula is C19H14FN3. The van der Waals surface area contributed by atoms with Gasteiger partial charge in [-0.3, -0.25) is 4.98 Å². The molecule has 0 aliphatic rings. The Morgan fingerprint density at radius 3 is 2.74 bits per heavy atom. The summed E-state index contributed by atoms with van der Waals surface area (Å²) in [7, 11) is 0. The first kappa shape index (κ1) is 13.5. The molecule has 2 heterocycles. The van der Waals surface area contributed by atoms with Crippen LogP contribution in [0.25, 0.3) is 22.0 Å². The molecule has 2 aromatic carbocycles. The van der Waals surface area contributed by atoms with Crippen molar-refractivity contribution in [2.45, 2.75) is 0 Å². The molecule has 2 aromatic heterocycles. The third kappa shape index (κ3) is 2.55. The maximum absolute atomic E-state index is 13.8. The lowest BCUT2D eigenvalue weighted by Crippen LogP contribution is -1.91. The molecule has 3 nitrogen and oxygen atoms in total. The molecule has 0 unspecified atom stereocenters. The topological polar surface area (TPSA) is 40.7 Å². The molecule has 0 bridgehead atoms. The highest BCUT2D eigenvalue weighted by Crippen LogP contribution is 2.31. The summed E-state index contributed by atoms with van der Waals surface area (Å²) < 4.78 is 13.8. The van der Waals surface area contributed by atoms with Crippen LogP contribution in [0.4, 0.5) is 15.8 Å². The second-order valence-electron chi connectivity index (χ2n) is 5.31. The number of nitrogens with one attached hydrogen (secondary N) is 2. The lowest BCUT2D eigenvalue weighted by atomic mass is 10.0. The van der Waals surface area contributed by atoms with Gasteiger partial charge < -0.3 is 10.3 Å². The summed E-state index contributed by atoms with van der Waals surface area (Å²) >= 11 is 0. The van der Waals surface area contributed by atoms with E-state index in [2.05, 4.69) is 15.3 Å². The van der Waals surface area contributed by atoms with Gasteiger partial charge in [0.25, 0.3) is 0 Å². The first-order valence-corrected chi connectivity index (χ1v) is 7.34. The number of anilines is 2. The Morgan fingerprint density at radius 2 is 1.87 bits per heavy atom. The van der Waals surface area contributed by atoms with E-state index in [4.69, 9.17) is 0 Å². The number of aromatic nitrogens is 2. The lowest BCUT2D eigenvalue weighted by molar-refractivity contribution is 0.637. The number of aromatic amines is 1. The molecule has 0 saturated heterocycles. The summed E-state index contributed by atoms with van der Waals surface area (Å²) in [4.78, 5) is 7.05. The molecule has 0 aliphatic heterocycles. The van der Waals surface area contributed by atoms with Gasteiger partial charge in [-0.2, -0.15) is 0 Å². The number of H-pyrrole nitrogens is 1. The van der Waals surface area contributed by atoms with Gasteiger partial charge in [-0.05, 0) is 47.5 Å². The van der Waals surface area contributed by atoms with E-state index in [9.17, 15) is 4.39 Å². The van der Waals surface area contributed by atoms with E-state index in [0.29, 0.717) is 5.52 Å². The van der Waals surface area contributed by atoms with Crippen LogP contribution >= 0.6 is 0 Å². The van der Waals surface area contributed by atoms with Crippen molar-refractivity contribution in [3.63, 3.8) is 0 Å². The van der Waals surface area contributed by atoms with Gasteiger partial charge in [-0.15, -0.1) is 0 Å². The number of hydrogen-bond acceptors (Lipinski definition) is 2. The van der Waals surface area contributed by atoms with Crippen LogP contribution in [0, 0.1) is 5.82 Å². The maximum Gasteiger partial charge on any atom is 0.147 e. The Balaban J connectivity index is 1.76. The van der Waals surface area contributed by atoms with Gasteiger partial charge in [0.1, 0.15) is 5.82 Å². The number of nitrogens with zero attached hydrogens (tertiary/aromatic N) is 1. The molecule has 0 spiro atoms. The van der Waals surface area contributed by atoms with E-state index in [0.717, 1.165) is 27.9 Å². The van der Waals surface area contributed by atoms with Crippen LogP contribution in [0.2, 0.25) is 0 Å². The molecule has 0 saturated carbocycles. The van der Waals surface area contributed by atoms with E-state index >= 15 is 0 Å². The van der Waals surface area contributed by atoms with Gasteiger partial charge in [0, 0.05) is 23.5 Å². The number of halogens is 1. The molecule has 4 rings (SSSR count). The standard InChI is InChI=1S/C19H14FN3/c20-18-7-6-16(17-8-10-22-19(17)18)13-3-1-4-14(11-13)23-15-5-2-9-21-12-15/h1-12,22-23H. The van der Waals surface area contributed by atoms with Crippen molar-refractivity contribution in [3.05, 3.63) is 79.0 Å². The van der Waals surface area contributed by atoms with Crippen molar-refractivity contribution in [1.82, 2.24) is 9.97 Å². The largest absolute Gasteiger partial charge is 0.359 e. The van der Waals surface area contributed by atoms with E-state index in [1.807, 2.05) is 48.5 Å². The number of hydrogen-bond donors (Lipinski definition) is 2. The predicted octanol–water partition coefficient (Wildman–Crippen LogP) is 5.11. The molecule has 2 N–H and O–H groups in total. The molecule has 4 aromatic rings. The molecule has 23 heavy (non-hydrogen) atoms. The van der Waals surface area contributed by atoms with Crippen LogP contribution in [0.1, 0.15) is 0 Å². The third-order valence-corrected chi connectivity index (χ3v) is 3.80. The smallest absolute Gasteiger partial charge is 0.147 e. The van der Waals surface area contributed by atoms with Gasteiger partial charge in [0.15, 0.2) is 0 Å². The van der Waals surface area contributed by atoms with E-state index < -0.39 is 0 Å². The SMILES string of the molecule is Fc1ccc(-c2cccc(Nc3cccnc3)c2)c2cc[nH]c12. The zero-order chi connectivity index (χ0) is 15.6. The van der Waals surface area contributed by atoms with Crippen molar-refractivity contribution < 1.29 is 4.39 Å². The number of benzene rings is 2. The molecule has 0 amide bonds. The molecule has 0 atom stereocenters. The summed E-state index contributed by atoms with van der Waals surface area (Å²) in [6.07, 6.45) is 5.27. The Morgan fingerprint density at radius 1 is 0.957 bits per heavy atom. The quantitative estimate of drug-likeness (QED) is 0.552. The minimum Gasteiger partial charge on any atom is -0.359 e. The fourth-order valence-corrected chi connectivity index (χ4v) is 2.74. The highest BCUT2D eigenvalue weighted by molar-refractivity contribution is 5.96. The lowest BCUT2D eigenvalue weighted by Gasteiger charge is -2.09. The number of fused-ring (bicyclic) bond motifs is 1. The molecule has 112 valence electrons. The van der Waals surface area contributed by atoms with Crippen LogP contribution in [-0.4, -0.2) is 9.97 Å². The predicted molar refractivity (Wildman–Crippen MR) is 91.2 cm³/mol. The van der Waals surface area contributed by atoms with Crippen LogP contribution < -0.4 is 5.32 Å². The Labute approximate surface area is 132 Å². The molecular weight excluding hydrogens is 289 g/mol. The number of pyridine rings is 1. The summed E-state index contributed by atoms with van der Waals surface area (Å²) in [5, 5.41) is 4.20. The average molecular weight is 303 g/mol. The molecule has 0 aliphatic carbocycles. The normalized spacial score (nSPS) is 10.8. The third-order valence-electron chi connectivity index (χ3n) is 3.80. The van der Waals surface area contributed by atoms with Crippen LogP contribution in [-0.2, 0) is 0 Å². The maximum atomic E-state index is 13.8. The zero-order valence-corrected chi connectivity index (χ0v) is 12.3. The Kier molecular flexibility index (Phi) is 3.27. The molecule has 0 fully saturated rings. The highest BCUT2D eigenvalue weighted by Gasteiger charge is 2.09. The van der Waals surface area contributed by atoms with Crippen molar-refractivity contribution in [3.8, 4) is 11.1 Å².